The van der Waals surface area contributed by atoms with Crippen molar-refractivity contribution >= 4 is 11.5 Å². The number of hydrogen-bond donors (Lipinski definition) is 1. The molecule has 0 aliphatic heterocycles. The highest BCUT2D eigenvalue weighted by Crippen LogP contribution is 2.18. The SMILES string of the molecule is Cc1cccc(CCNc2ncc([N+](=O)[O-])cc2C#N)c1. The van der Waals surface area contributed by atoms with Crippen LogP contribution in [0.5, 0.6) is 0 Å². The van der Waals surface area contributed by atoms with Gasteiger partial charge in [-0.25, -0.2) is 4.98 Å². The molecule has 106 valence electrons. The average Bonchev–Trinajstić information content (AvgIpc) is 2.47. The number of aryl methyl sites for hydroxylation is 1. The van der Waals surface area contributed by atoms with Gasteiger partial charge in [0, 0.05) is 12.6 Å². The highest BCUT2D eigenvalue weighted by atomic mass is 16.6. The Labute approximate surface area is 122 Å². The van der Waals surface area contributed by atoms with Crippen LogP contribution in [-0.2, 0) is 6.42 Å². The molecule has 0 unspecified atom stereocenters. The van der Waals surface area contributed by atoms with E-state index >= 15 is 0 Å². The van der Waals surface area contributed by atoms with Gasteiger partial charge in [-0.1, -0.05) is 29.8 Å². The fourth-order valence-electron chi connectivity index (χ4n) is 1.97. The minimum Gasteiger partial charge on any atom is -0.369 e. The molecule has 0 fully saturated rings. The number of hydrogen-bond acceptors (Lipinski definition) is 5. The topological polar surface area (TPSA) is 91.8 Å². The van der Waals surface area contributed by atoms with E-state index in [4.69, 9.17) is 5.26 Å². The van der Waals surface area contributed by atoms with Crippen LogP contribution in [0.2, 0.25) is 0 Å². The third-order valence-corrected chi connectivity index (χ3v) is 2.99. The van der Waals surface area contributed by atoms with E-state index in [0.717, 1.165) is 12.6 Å². The average molecular weight is 282 g/mol. The first-order valence-corrected chi connectivity index (χ1v) is 6.44. The molecule has 0 amide bonds. The molecule has 1 N–H and O–H groups in total. The molecule has 6 heteroatoms. The Kier molecular flexibility index (Phi) is 4.46. The van der Waals surface area contributed by atoms with Crippen molar-refractivity contribution in [1.82, 2.24) is 4.98 Å². The lowest BCUT2D eigenvalue weighted by atomic mass is 10.1. The van der Waals surface area contributed by atoms with Crippen LogP contribution in [0.25, 0.3) is 0 Å². The molecule has 0 bridgehead atoms. The van der Waals surface area contributed by atoms with E-state index in [1.165, 1.54) is 17.2 Å². The Hall–Kier alpha value is -2.94. The van der Waals surface area contributed by atoms with Crippen LogP contribution in [0.1, 0.15) is 16.7 Å². The van der Waals surface area contributed by atoms with Crippen LogP contribution in [0.15, 0.2) is 36.5 Å². The zero-order valence-electron chi connectivity index (χ0n) is 11.5. The van der Waals surface area contributed by atoms with E-state index in [9.17, 15) is 10.1 Å². The van der Waals surface area contributed by atoms with Gasteiger partial charge < -0.3 is 5.32 Å². The van der Waals surface area contributed by atoms with Gasteiger partial charge in [0.1, 0.15) is 23.6 Å². The van der Waals surface area contributed by atoms with Crippen LogP contribution in [0, 0.1) is 28.4 Å². The van der Waals surface area contributed by atoms with Gasteiger partial charge in [-0.05, 0) is 18.9 Å². The second kappa shape index (κ2) is 6.48. The molecule has 0 aliphatic rings. The smallest absolute Gasteiger partial charge is 0.289 e. The minimum absolute atomic E-state index is 0.174. The molecule has 1 aromatic carbocycles. The van der Waals surface area contributed by atoms with Crippen LogP contribution in [-0.4, -0.2) is 16.5 Å². The van der Waals surface area contributed by atoms with Crippen molar-refractivity contribution in [2.45, 2.75) is 13.3 Å². The quantitative estimate of drug-likeness (QED) is 0.672. The fraction of sp³-hybridized carbons (Fsp3) is 0.200. The van der Waals surface area contributed by atoms with Crippen molar-refractivity contribution < 1.29 is 4.92 Å². The molecule has 0 atom stereocenters. The standard InChI is InChI=1S/C15H14N4O2/c1-11-3-2-4-12(7-11)5-6-17-15-13(9-16)8-14(10-18-15)19(20)21/h2-4,7-8,10H,5-6H2,1H3,(H,17,18). The Morgan fingerprint density at radius 3 is 2.90 bits per heavy atom. The lowest BCUT2D eigenvalue weighted by Crippen LogP contribution is -2.08. The molecule has 21 heavy (non-hydrogen) atoms. The normalized spacial score (nSPS) is 9.90. The monoisotopic (exact) mass is 282 g/mol. The van der Waals surface area contributed by atoms with E-state index in [2.05, 4.69) is 16.4 Å². The molecule has 6 nitrogen and oxygen atoms in total. The summed E-state index contributed by atoms with van der Waals surface area (Å²) in [5, 5.41) is 22.7. The summed E-state index contributed by atoms with van der Waals surface area (Å²) < 4.78 is 0. The van der Waals surface area contributed by atoms with Crippen LogP contribution >= 0.6 is 0 Å². The van der Waals surface area contributed by atoms with Gasteiger partial charge in [-0.15, -0.1) is 0 Å². The predicted octanol–water partition coefficient (Wildman–Crippen LogP) is 2.82. The fourth-order valence-corrected chi connectivity index (χ4v) is 1.97. The lowest BCUT2D eigenvalue weighted by Gasteiger charge is -2.07. The first-order chi connectivity index (χ1) is 10.1. The number of benzene rings is 1. The third kappa shape index (κ3) is 3.76. The molecule has 2 aromatic rings. The van der Waals surface area contributed by atoms with Crippen molar-refractivity contribution in [3.8, 4) is 6.07 Å². The Balaban J connectivity index is 2.03. The number of nitrogens with one attached hydrogen (secondary N) is 1. The maximum atomic E-state index is 10.6. The van der Waals surface area contributed by atoms with Crippen LogP contribution < -0.4 is 5.32 Å². The number of rotatable bonds is 5. The second-order valence-corrected chi connectivity index (χ2v) is 4.62. The van der Waals surface area contributed by atoms with Crippen molar-refractivity contribution in [2.24, 2.45) is 0 Å². The van der Waals surface area contributed by atoms with E-state index in [0.29, 0.717) is 12.4 Å². The van der Waals surface area contributed by atoms with Gasteiger partial charge in [0.2, 0.25) is 0 Å². The minimum atomic E-state index is -0.565. The Bertz CT molecular complexity index is 707. The van der Waals surface area contributed by atoms with E-state index < -0.39 is 4.92 Å². The summed E-state index contributed by atoms with van der Waals surface area (Å²) in [4.78, 5) is 14.0. The maximum absolute atomic E-state index is 10.6. The number of pyridine rings is 1. The van der Waals surface area contributed by atoms with Gasteiger partial charge >= 0.3 is 0 Å². The maximum Gasteiger partial charge on any atom is 0.289 e. The number of nitrogens with zero attached hydrogens (tertiary/aromatic N) is 3. The van der Waals surface area contributed by atoms with Gasteiger partial charge in [-0.2, -0.15) is 5.26 Å². The zero-order valence-corrected chi connectivity index (χ0v) is 11.5. The molecule has 2 rings (SSSR count). The van der Waals surface area contributed by atoms with Gasteiger partial charge in [0.25, 0.3) is 5.69 Å². The number of anilines is 1. The first kappa shape index (κ1) is 14.5. The summed E-state index contributed by atoms with van der Waals surface area (Å²) in [6.07, 6.45) is 1.93. The Morgan fingerprint density at radius 1 is 1.43 bits per heavy atom. The summed E-state index contributed by atoms with van der Waals surface area (Å²) in [7, 11) is 0. The summed E-state index contributed by atoms with van der Waals surface area (Å²) >= 11 is 0. The zero-order chi connectivity index (χ0) is 15.2. The van der Waals surface area contributed by atoms with Crippen molar-refractivity contribution in [2.75, 3.05) is 11.9 Å². The molecule has 0 aliphatic carbocycles. The lowest BCUT2D eigenvalue weighted by molar-refractivity contribution is -0.385. The molecule has 0 radical (unpaired) electrons. The number of aromatic nitrogens is 1. The molecule has 0 saturated heterocycles. The molecule has 0 spiro atoms. The van der Waals surface area contributed by atoms with E-state index in [-0.39, 0.29) is 11.3 Å². The summed E-state index contributed by atoms with van der Waals surface area (Å²) in [6, 6.07) is 11.3. The molecule has 1 heterocycles. The largest absolute Gasteiger partial charge is 0.369 e. The molecular formula is C15H14N4O2. The summed E-state index contributed by atoms with van der Waals surface area (Å²) in [6.45, 7) is 2.63. The van der Waals surface area contributed by atoms with E-state index in [1.54, 1.807) is 0 Å². The van der Waals surface area contributed by atoms with Gasteiger partial charge in [-0.3, -0.25) is 10.1 Å². The summed E-state index contributed by atoms with van der Waals surface area (Å²) in [5.74, 6) is 0.371. The second-order valence-electron chi connectivity index (χ2n) is 4.62. The molecular weight excluding hydrogens is 268 g/mol. The van der Waals surface area contributed by atoms with Crippen LogP contribution in [0.4, 0.5) is 11.5 Å². The molecule has 1 aromatic heterocycles. The van der Waals surface area contributed by atoms with Crippen molar-refractivity contribution in [3.63, 3.8) is 0 Å². The highest BCUT2D eigenvalue weighted by molar-refractivity contribution is 5.55. The van der Waals surface area contributed by atoms with Gasteiger partial charge in [0.05, 0.1) is 4.92 Å². The molecule has 0 saturated carbocycles. The first-order valence-electron chi connectivity index (χ1n) is 6.44. The van der Waals surface area contributed by atoms with Crippen molar-refractivity contribution in [1.29, 1.82) is 5.26 Å². The van der Waals surface area contributed by atoms with Gasteiger partial charge in [0.15, 0.2) is 0 Å². The highest BCUT2D eigenvalue weighted by Gasteiger charge is 2.11. The van der Waals surface area contributed by atoms with E-state index in [1.807, 2.05) is 31.2 Å². The predicted molar refractivity (Wildman–Crippen MR) is 79.0 cm³/mol. The number of nitriles is 1. The summed E-state index contributed by atoms with van der Waals surface area (Å²) in [5.41, 5.74) is 2.37. The Morgan fingerprint density at radius 2 is 2.24 bits per heavy atom. The third-order valence-electron chi connectivity index (χ3n) is 2.99. The number of nitro groups is 1. The van der Waals surface area contributed by atoms with Crippen LogP contribution in [0.3, 0.4) is 0 Å². The van der Waals surface area contributed by atoms with Crippen molar-refractivity contribution in [3.05, 3.63) is 63.3 Å².